The van der Waals surface area contributed by atoms with E-state index in [0.29, 0.717) is 26.4 Å². The van der Waals surface area contributed by atoms with Crippen LogP contribution >= 0.6 is 11.8 Å². The Kier molecular flexibility index (Phi) is 6.20. The molecule has 0 saturated carbocycles. The van der Waals surface area contributed by atoms with E-state index in [4.69, 9.17) is 14.2 Å². The molecule has 6 heteroatoms. The van der Waals surface area contributed by atoms with Crippen molar-refractivity contribution in [2.75, 3.05) is 33.5 Å². The maximum Gasteiger partial charge on any atom is 0.233 e. The molecule has 0 saturated heterocycles. The molecule has 0 fully saturated rings. The van der Waals surface area contributed by atoms with Gasteiger partial charge in [0, 0.05) is 25.0 Å². The lowest BCUT2D eigenvalue weighted by Crippen LogP contribution is -2.33. The number of hydrogen-bond acceptors (Lipinski definition) is 5. The van der Waals surface area contributed by atoms with Gasteiger partial charge in [-0.25, -0.2) is 0 Å². The molecule has 1 amide bonds. The molecule has 116 valence electrons. The van der Waals surface area contributed by atoms with E-state index in [2.05, 4.69) is 5.32 Å². The molecule has 1 aliphatic rings. The number of carbonyl (C=O) groups excluding carboxylic acids is 1. The van der Waals surface area contributed by atoms with Crippen LogP contribution in [0.5, 0.6) is 11.5 Å². The standard InChI is InChI=1S/C15H21NO4S/c1-11(15(17)16-6-9-18-2)21-12-4-5-13-14(10-12)20-8-3-7-19-13/h4-5,10-11H,3,6-9H2,1-2H3,(H,16,17)/t11-/m1/s1. The van der Waals surface area contributed by atoms with Crippen LogP contribution in [0, 0.1) is 0 Å². The third-order valence-electron chi connectivity index (χ3n) is 3.01. The Morgan fingerprint density at radius 3 is 2.90 bits per heavy atom. The predicted octanol–water partition coefficient (Wildman–Crippen LogP) is 2.09. The van der Waals surface area contributed by atoms with Gasteiger partial charge in [0.1, 0.15) is 0 Å². The largest absolute Gasteiger partial charge is 0.490 e. The second-order valence-electron chi connectivity index (χ2n) is 4.70. The van der Waals surface area contributed by atoms with Gasteiger partial charge in [-0.1, -0.05) is 0 Å². The molecule has 1 heterocycles. The van der Waals surface area contributed by atoms with Crippen LogP contribution in [0.15, 0.2) is 23.1 Å². The van der Waals surface area contributed by atoms with Gasteiger partial charge in [0.2, 0.25) is 5.91 Å². The van der Waals surface area contributed by atoms with Gasteiger partial charge in [0.25, 0.3) is 0 Å². The molecule has 0 bridgehead atoms. The number of hydrogen-bond donors (Lipinski definition) is 1. The number of thioether (sulfide) groups is 1. The summed E-state index contributed by atoms with van der Waals surface area (Å²) in [5, 5.41) is 2.66. The highest BCUT2D eigenvalue weighted by Gasteiger charge is 2.16. The van der Waals surface area contributed by atoms with Gasteiger partial charge in [-0.05, 0) is 25.1 Å². The van der Waals surface area contributed by atoms with Crippen LogP contribution < -0.4 is 14.8 Å². The number of methoxy groups -OCH3 is 1. The highest BCUT2D eigenvalue weighted by atomic mass is 32.2. The summed E-state index contributed by atoms with van der Waals surface area (Å²) in [5.74, 6) is 1.53. The SMILES string of the molecule is COCCNC(=O)[C@@H](C)Sc1ccc2c(c1)OCCCO2. The Morgan fingerprint density at radius 2 is 2.14 bits per heavy atom. The van der Waals surface area contributed by atoms with Crippen molar-refractivity contribution < 1.29 is 19.0 Å². The molecule has 1 atom stereocenters. The summed E-state index contributed by atoms with van der Waals surface area (Å²) >= 11 is 1.50. The fourth-order valence-corrected chi connectivity index (χ4v) is 2.81. The minimum Gasteiger partial charge on any atom is -0.490 e. The molecule has 21 heavy (non-hydrogen) atoms. The van der Waals surface area contributed by atoms with Gasteiger partial charge in [0.05, 0.1) is 25.1 Å². The Morgan fingerprint density at radius 1 is 1.38 bits per heavy atom. The molecule has 0 radical (unpaired) electrons. The predicted molar refractivity (Wildman–Crippen MR) is 82.3 cm³/mol. The quantitative estimate of drug-likeness (QED) is 0.644. The molecule has 1 aliphatic heterocycles. The molecule has 0 aromatic heterocycles. The van der Waals surface area contributed by atoms with Crippen LogP contribution in [0.25, 0.3) is 0 Å². The monoisotopic (exact) mass is 311 g/mol. The van der Waals surface area contributed by atoms with Gasteiger partial charge in [0.15, 0.2) is 11.5 Å². The van der Waals surface area contributed by atoms with E-state index in [1.807, 2.05) is 25.1 Å². The number of fused-ring (bicyclic) bond motifs is 1. The van der Waals surface area contributed by atoms with Crippen molar-refractivity contribution in [3.63, 3.8) is 0 Å². The van der Waals surface area contributed by atoms with Gasteiger partial charge < -0.3 is 19.5 Å². The minimum atomic E-state index is -0.174. The van der Waals surface area contributed by atoms with Crippen molar-refractivity contribution in [3.8, 4) is 11.5 Å². The first-order chi connectivity index (χ1) is 10.2. The number of benzene rings is 1. The van der Waals surface area contributed by atoms with Crippen molar-refractivity contribution in [1.82, 2.24) is 5.32 Å². The van der Waals surface area contributed by atoms with Gasteiger partial charge in [-0.15, -0.1) is 11.8 Å². The van der Waals surface area contributed by atoms with Crippen molar-refractivity contribution in [3.05, 3.63) is 18.2 Å². The van der Waals surface area contributed by atoms with Crippen LogP contribution in [0.3, 0.4) is 0 Å². The molecule has 1 N–H and O–H groups in total. The van der Waals surface area contributed by atoms with Gasteiger partial charge >= 0.3 is 0 Å². The van der Waals surface area contributed by atoms with E-state index in [9.17, 15) is 4.79 Å². The zero-order valence-corrected chi connectivity index (χ0v) is 13.2. The van der Waals surface area contributed by atoms with E-state index >= 15 is 0 Å². The smallest absolute Gasteiger partial charge is 0.233 e. The second kappa shape index (κ2) is 8.14. The van der Waals surface area contributed by atoms with Crippen LogP contribution in [0.1, 0.15) is 13.3 Å². The van der Waals surface area contributed by atoms with E-state index < -0.39 is 0 Å². The molecule has 0 unspecified atom stereocenters. The van der Waals surface area contributed by atoms with Gasteiger partial charge in [-0.3, -0.25) is 4.79 Å². The average Bonchev–Trinajstić information content (AvgIpc) is 2.72. The summed E-state index contributed by atoms with van der Waals surface area (Å²) < 4.78 is 16.2. The normalized spacial score (nSPS) is 15.1. The zero-order valence-electron chi connectivity index (χ0n) is 12.4. The average molecular weight is 311 g/mol. The molecule has 0 spiro atoms. The van der Waals surface area contributed by atoms with Crippen molar-refractivity contribution in [2.24, 2.45) is 0 Å². The highest BCUT2D eigenvalue weighted by molar-refractivity contribution is 8.00. The highest BCUT2D eigenvalue weighted by Crippen LogP contribution is 2.35. The van der Waals surface area contributed by atoms with E-state index in [0.717, 1.165) is 22.8 Å². The van der Waals surface area contributed by atoms with E-state index in [1.54, 1.807) is 7.11 Å². The van der Waals surface area contributed by atoms with Crippen LogP contribution in [-0.4, -0.2) is 44.6 Å². The number of amides is 1. The maximum absolute atomic E-state index is 11.9. The lowest BCUT2D eigenvalue weighted by atomic mass is 10.3. The topological polar surface area (TPSA) is 56.8 Å². The molecule has 1 aromatic carbocycles. The molecule has 5 nitrogen and oxygen atoms in total. The minimum absolute atomic E-state index is 0.00385. The summed E-state index contributed by atoms with van der Waals surface area (Å²) in [4.78, 5) is 12.9. The van der Waals surface area contributed by atoms with Crippen LogP contribution in [-0.2, 0) is 9.53 Å². The van der Waals surface area contributed by atoms with E-state index in [-0.39, 0.29) is 11.2 Å². The third kappa shape index (κ3) is 4.82. The molecular weight excluding hydrogens is 290 g/mol. The van der Waals surface area contributed by atoms with Crippen LogP contribution in [0.2, 0.25) is 0 Å². The Bertz CT molecular complexity index is 481. The number of nitrogens with one attached hydrogen (secondary N) is 1. The van der Waals surface area contributed by atoms with Crippen molar-refractivity contribution in [2.45, 2.75) is 23.5 Å². The lowest BCUT2D eigenvalue weighted by molar-refractivity contribution is -0.120. The molecular formula is C15H21NO4S. The molecule has 1 aromatic rings. The molecule has 0 aliphatic carbocycles. The Balaban J connectivity index is 1.93. The Hall–Kier alpha value is -1.40. The number of rotatable bonds is 6. The first-order valence-electron chi connectivity index (χ1n) is 7.03. The summed E-state index contributed by atoms with van der Waals surface area (Å²) in [5.41, 5.74) is 0. The summed E-state index contributed by atoms with van der Waals surface area (Å²) in [6.45, 7) is 4.27. The van der Waals surface area contributed by atoms with Crippen molar-refractivity contribution >= 4 is 17.7 Å². The number of ether oxygens (including phenoxy) is 3. The summed E-state index contributed by atoms with van der Waals surface area (Å²) in [6, 6.07) is 5.79. The molecule has 2 rings (SSSR count). The lowest BCUT2D eigenvalue weighted by Gasteiger charge is -2.13. The van der Waals surface area contributed by atoms with E-state index in [1.165, 1.54) is 11.8 Å². The number of carbonyl (C=O) groups is 1. The van der Waals surface area contributed by atoms with Crippen LogP contribution in [0.4, 0.5) is 0 Å². The first-order valence-corrected chi connectivity index (χ1v) is 7.91. The fraction of sp³-hybridized carbons (Fsp3) is 0.533. The second-order valence-corrected chi connectivity index (χ2v) is 6.12. The maximum atomic E-state index is 11.9. The Labute approximate surface area is 129 Å². The third-order valence-corrected chi connectivity index (χ3v) is 4.10. The fourth-order valence-electron chi connectivity index (χ4n) is 1.89. The zero-order chi connectivity index (χ0) is 15.1. The van der Waals surface area contributed by atoms with Crippen molar-refractivity contribution in [1.29, 1.82) is 0 Å². The first kappa shape index (κ1) is 16.0. The van der Waals surface area contributed by atoms with Gasteiger partial charge in [-0.2, -0.15) is 0 Å². The summed E-state index contributed by atoms with van der Waals surface area (Å²) in [7, 11) is 1.61. The summed E-state index contributed by atoms with van der Waals surface area (Å²) in [6.07, 6.45) is 0.884.